The average molecular weight is 150 g/mol. The van der Waals surface area contributed by atoms with E-state index < -0.39 is 16.5 Å². The van der Waals surface area contributed by atoms with Crippen molar-refractivity contribution in [1.29, 1.82) is 0 Å². The standard InChI is InChI=1S/C5H3BN2O3/c6-3-1-4(9)5(7-2-3)8(10)11/h1-2,9H. The average Bonchev–Trinajstić information content (AvgIpc) is 1.85. The van der Waals surface area contributed by atoms with Crippen molar-refractivity contribution in [2.45, 2.75) is 0 Å². The van der Waals surface area contributed by atoms with E-state index in [0.717, 1.165) is 12.3 Å². The summed E-state index contributed by atoms with van der Waals surface area (Å²) in [5.41, 5.74) is 0.188. The molecule has 0 fully saturated rings. The minimum Gasteiger partial charge on any atom is -0.501 e. The molecule has 0 aliphatic rings. The molecule has 1 aromatic rings. The van der Waals surface area contributed by atoms with E-state index in [-0.39, 0.29) is 5.46 Å². The van der Waals surface area contributed by atoms with E-state index in [1.807, 2.05) is 0 Å². The molecule has 0 aromatic carbocycles. The summed E-state index contributed by atoms with van der Waals surface area (Å²) in [6.45, 7) is 0. The second kappa shape index (κ2) is 2.57. The molecule has 2 radical (unpaired) electrons. The van der Waals surface area contributed by atoms with Crippen molar-refractivity contribution in [3.05, 3.63) is 22.4 Å². The molecule has 0 spiro atoms. The van der Waals surface area contributed by atoms with Crippen LogP contribution in [0.2, 0.25) is 0 Å². The van der Waals surface area contributed by atoms with Gasteiger partial charge >= 0.3 is 5.82 Å². The number of pyridine rings is 1. The van der Waals surface area contributed by atoms with Crippen LogP contribution < -0.4 is 5.46 Å². The summed E-state index contributed by atoms with van der Waals surface area (Å²) in [6.07, 6.45) is 1.11. The van der Waals surface area contributed by atoms with Crippen LogP contribution in [0.3, 0.4) is 0 Å². The number of nitrogens with zero attached hydrogens (tertiary/aromatic N) is 2. The van der Waals surface area contributed by atoms with Crippen molar-refractivity contribution in [3.63, 3.8) is 0 Å². The Bertz CT molecular complexity index is 302. The first-order chi connectivity index (χ1) is 5.11. The van der Waals surface area contributed by atoms with Crippen molar-refractivity contribution in [1.82, 2.24) is 4.98 Å². The number of rotatable bonds is 1. The molecule has 54 valence electrons. The summed E-state index contributed by atoms with van der Waals surface area (Å²) in [4.78, 5) is 12.6. The fraction of sp³-hybridized carbons (Fsp3) is 0. The van der Waals surface area contributed by atoms with Gasteiger partial charge in [0.15, 0.2) is 0 Å². The quantitative estimate of drug-likeness (QED) is 0.332. The first-order valence-corrected chi connectivity index (χ1v) is 2.70. The lowest BCUT2D eigenvalue weighted by atomic mass is 9.99. The number of hydrogen-bond donors (Lipinski definition) is 1. The highest BCUT2D eigenvalue weighted by molar-refractivity contribution is 6.32. The predicted molar refractivity (Wildman–Crippen MR) is 37.9 cm³/mol. The highest BCUT2D eigenvalue weighted by Gasteiger charge is 2.13. The fourth-order valence-corrected chi connectivity index (χ4v) is 0.602. The van der Waals surface area contributed by atoms with Gasteiger partial charge in [-0.3, -0.25) is 0 Å². The molecule has 0 bridgehead atoms. The maximum absolute atomic E-state index is 10.1. The highest BCUT2D eigenvalue weighted by atomic mass is 16.6. The van der Waals surface area contributed by atoms with Gasteiger partial charge in [-0.25, -0.2) is 0 Å². The van der Waals surface area contributed by atoms with E-state index in [1.165, 1.54) is 0 Å². The molecular weight excluding hydrogens is 147 g/mol. The van der Waals surface area contributed by atoms with Gasteiger partial charge in [0.05, 0.1) is 0 Å². The minimum atomic E-state index is -0.783. The highest BCUT2D eigenvalue weighted by Crippen LogP contribution is 2.18. The van der Waals surface area contributed by atoms with Crippen molar-refractivity contribution in [2.24, 2.45) is 0 Å². The Morgan fingerprint density at radius 3 is 2.82 bits per heavy atom. The topological polar surface area (TPSA) is 76.3 Å². The monoisotopic (exact) mass is 150 g/mol. The molecule has 1 aromatic heterocycles. The van der Waals surface area contributed by atoms with Gasteiger partial charge in [-0.05, 0) is 21.4 Å². The van der Waals surface area contributed by atoms with Gasteiger partial charge in [0.2, 0.25) is 5.75 Å². The van der Waals surface area contributed by atoms with Gasteiger partial charge in [-0.15, -0.1) is 0 Å². The van der Waals surface area contributed by atoms with E-state index in [2.05, 4.69) is 4.98 Å². The lowest BCUT2D eigenvalue weighted by Gasteiger charge is -1.94. The van der Waals surface area contributed by atoms with E-state index in [0.29, 0.717) is 0 Å². The Hall–Kier alpha value is -1.59. The summed E-state index contributed by atoms with van der Waals surface area (Å²) in [7, 11) is 5.18. The van der Waals surface area contributed by atoms with Crippen molar-refractivity contribution in [2.75, 3.05) is 0 Å². The number of hydrogen-bond acceptors (Lipinski definition) is 4. The zero-order valence-corrected chi connectivity index (χ0v) is 5.39. The first-order valence-electron chi connectivity index (χ1n) is 2.70. The number of aromatic nitrogens is 1. The van der Waals surface area contributed by atoms with Crippen LogP contribution in [0.4, 0.5) is 5.82 Å². The predicted octanol–water partition coefficient (Wildman–Crippen LogP) is -0.511. The second-order valence-electron chi connectivity index (χ2n) is 1.87. The van der Waals surface area contributed by atoms with E-state index in [1.54, 1.807) is 0 Å². The molecule has 1 N–H and O–H groups in total. The van der Waals surface area contributed by atoms with E-state index in [9.17, 15) is 10.1 Å². The molecule has 5 nitrogen and oxygen atoms in total. The summed E-state index contributed by atoms with van der Waals surface area (Å²) in [6, 6.07) is 1.07. The first kappa shape index (κ1) is 7.52. The third-order valence-corrected chi connectivity index (χ3v) is 1.04. The molecular formula is C5H3BN2O3. The lowest BCUT2D eigenvalue weighted by Crippen LogP contribution is -2.04. The van der Waals surface area contributed by atoms with Gasteiger partial charge in [0, 0.05) is 0 Å². The van der Waals surface area contributed by atoms with Gasteiger partial charge in [-0.1, -0.05) is 0 Å². The van der Waals surface area contributed by atoms with Crippen LogP contribution in [-0.2, 0) is 0 Å². The molecule has 11 heavy (non-hydrogen) atoms. The number of aromatic hydroxyl groups is 1. The van der Waals surface area contributed by atoms with Crippen LogP contribution in [-0.4, -0.2) is 22.9 Å². The third kappa shape index (κ3) is 1.46. The van der Waals surface area contributed by atoms with Crippen LogP contribution in [0.5, 0.6) is 5.75 Å². The van der Waals surface area contributed by atoms with Gasteiger partial charge in [-0.2, -0.15) is 0 Å². The van der Waals surface area contributed by atoms with E-state index >= 15 is 0 Å². The van der Waals surface area contributed by atoms with Gasteiger partial charge in [0.1, 0.15) is 14.0 Å². The maximum atomic E-state index is 10.1. The van der Waals surface area contributed by atoms with Crippen molar-refractivity contribution in [3.8, 4) is 5.75 Å². The molecule has 0 amide bonds. The molecule has 0 aliphatic heterocycles. The summed E-state index contributed by atoms with van der Waals surface area (Å²) >= 11 is 0. The van der Waals surface area contributed by atoms with Gasteiger partial charge < -0.3 is 15.2 Å². The van der Waals surface area contributed by atoms with Crippen LogP contribution in [0.25, 0.3) is 0 Å². The Morgan fingerprint density at radius 1 is 1.73 bits per heavy atom. The smallest absolute Gasteiger partial charge is 0.405 e. The zero-order valence-electron chi connectivity index (χ0n) is 5.39. The Morgan fingerprint density at radius 2 is 2.36 bits per heavy atom. The maximum Gasteiger partial charge on any atom is 0.405 e. The van der Waals surface area contributed by atoms with E-state index in [4.69, 9.17) is 13.0 Å². The summed E-state index contributed by atoms with van der Waals surface area (Å²) in [5, 5.41) is 19.0. The van der Waals surface area contributed by atoms with Crippen molar-refractivity contribution >= 4 is 19.1 Å². The second-order valence-corrected chi connectivity index (χ2v) is 1.87. The lowest BCUT2D eigenvalue weighted by molar-refractivity contribution is -0.390. The minimum absolute atomic E-state index is 0.188. The van der Waals surface area contributed by atoms with Crippen molar-refractivity contribution < 1.29 is 10.0 Å². The zero-order chi connectivity index (χ0) is 8.43. The molecule has 0 unspecified atom stereocenters. The number of nitro groups is 1. The molecule has 1 heterocycles. The Balaban J connectivity index is 3.20. The summed E-state index contributed by atoms with van der Waals surface area (Å²) < 4.78 is 0. The van der Waals surface area contributed by atoms with Crippen LogP contribution in [0.15, 0.2) is 12.3 Å². The van der Waals surface area contributed by atoms with Crippen LogP contribution >= 0.6 is 0 Å². The SMILES string of the molecule is [B]c1cnc([N+](=O)[O-])c(O)c1. The third-order valence-electron chi connectivity index (χ3n) is 1.04. The van der Waals surface area contributed by atoms with Crippen LogP contribution in [0.1, 0.15) is 0 Å². The Labute approximate surface area is 63.3 Å². The Kier molecular flexibility index (Phi) is 1.76. The normalized spacial score (nSPS) is 9.45. The molecule has 1 rings (SSSR count). The molecule has 0 aliphatic carbocycles. The molecule has 0 saturated heterocycles. The molecule has 6 heteroatoms. The molecule has 0 atom stereocenters. The largest absolute Gasteiger partial charge is 0.501 e. The van der Waals surface area contributed by atoms with Crippen LogP contribution in [0, 0.1) is 10.1 Å². The fourth-order valence-electron chi connectivity index (χ4n) is 0.602. The summed E-state index contributed by atoms with van der Waals surface area (Å²) in [5.74, 6) is -1.10. The molecule has 0 saturated carbocycles. The van der Waals surface area contributed by atoms with Gasteiger partial charge in [0.25, 0.3) is 0 Å².